The first kappa shape index (κ1) is 19.5. The Kier molecular flexibility index (Phi) is 4.78. The second-order valence-corrected chi connectivity index (χ2v) is 9.51. The number of hydrogen-bond acceptors (Lipinski definition) is 5. The summed E-state index contributed by atoms with van der Waals surface area (Å²) in [6.45, 7) is 2.33. The molecule has 3 heterocycles. The predicted molar refractivity (Wildman–Crippen MR) is 112 cm³/mol. The highest BCUT2D eigenvalue weighted by molar-refractivity contribution is 7.89. The number of fused-ring (bicyclic) bond motifs is 3. The van der Waals surface area contributed by atoms with Crippen molar-refractivity contribution in [2.75, 3.05) is 37.7 Å². The van der Waals surface area contributed by atoms with Gasteiger partial charge in [0.1, 0.15) is 0 Å². The summed E-state index contributed by atoms with van der Waals surface area (Å²) in [6, 6.07) is 11.9. The van der Waals surface area contributed by atoms with E-state index in [1.165, 1.54) is 22.5 Å². The van der Waals surface area contributed by atoms with Gasteiger partial charge in [-0.3, -0.25) is 9.69 Å². The van der Waals surface area contributed by atoms with Crippen LogP contribution >= 0.6 is 11.6 Å². The molecule has 0 radical (unpaired) electrons. The first-order valence-corrected chi connectivity index (χ1v) is 11.4. The number of hydrogen-bond donors (Lipinski definition) is 0. The average Bonchev–Trinajstić information content (AvgIpc) is 3.33. The summed E-state index contributed by atoms with van der Waals surface area (Å²) in [4.78, 5) is 19.5. The molecule has 1 amide bonds. The summed E-state index contributed by atoms with van der Waals surface area (Å²) in [6.07, 6.45) is 0. The topological polar surface area (TPSA) is 84.7 Å². The monoisotopic (exact) mass is 446 g/mol. The molecule has 0 aliphatic carbocycles. The molecule has 8 nitrogen and oxygen atoms in total. The summed E-state index contributed by atoms with van der Waals surface area (Å²) >= 11 is 6.31. The van der Waals surface area contributed by atoms with Gasteiger partial charge in [0.2, 0.25) is 16.0 Å². The van der Waals surface area contributed by atoms with Crippen molar-refractivity contribution in [3.05, 3.63) is 53.1 Å². The SMILES string of the molecule is O=C(c1cc(S(=O)(=O)N2CCOCC2)ccc1Cl)N1CCn2c1nc1ccccc12. The number of morpholine rings is 1. The van der Waals surface area contributed by atoms with Crippen molar-refractivity contribution in [3.63, 3.8) is 0 Å². The molecule has 1 fully saturated rings. The Bertz CT molecular complexity index is 1250. The molecule has 3 aromatic rings. The number of rotatable bonds is 3. The van der Waals surface area contributed by atoms with Crippen LogP contribution in [0.15, 0.2) is 47.4 Å². The van der Waals surface area contributed by atoms with Gasteiger partial charge in [0.25, 0.3) is 5.91 Å². The molecular formula is C20H19ClN4O4S. The number of carbonyl (C=O) groups excluding carboxylic acids is 1. The van der Waals surface area contributed by atoms with E-state index in [2.05, 4.69) is 4.98 Å². The molecule has 30 heavy (non-hydrogen) atoms. The van der Waals surface area contributed by atoms with Crippen LogP contribution in [-0.2, 0) is 21.3 Å². The zero-order chi connectivity index (χ0) is 20.9. The molecular weight excluding hydrogens is 428 g/mol. The minimum atomic E-state index is -3.74. The summed E-state index contributed by atoms with van der Waals surface area (Å²) in [5.74, 6) is 0.173. The molecule has 10 heteroatoms. The van der Waals surface area contributed by atoms with Crippen molar-refractivity contribution >= 4 is 44.5 Å². The summed E-state index contributed by atoms with van der Waals surface area (Å²) in [5.41, 5.74) is 1.91. The zero-order valence-electron chi connectivity index (χ0n) is 16.0. The minimum absolute atomic E-state index is 0.0462. The number of sulfonamides is 1. The van der Waals surface area contributed by atoms with E-state index in [0.29, 0.717) is 32.3 Å². The number of nitrogens with zero attached hydrogens (tertiary/aromatic N) is 4. The lowest BCUT2D eigenvalue weighted by Gasteiger charge is -2.26. The van der Waals surface area contributed by atoms with Gasteiger partial charge in [-0.25, -0.2) is 13.4 Å². The van der Waals surface area contributed by atoms with E-state index in [9.17, 15) is 13.2 Å². The molecule has 0 atom stereocenters. The van der Waals surface area contributed by atoms with E-state index in [4.69, 9.17) is 16.3 Å². The Labute approximate surface area is 178 Å². The normalized spacial score (nSPS) is 17.4. The van der Waals surface area contributed by atoms with Crippen molar-refractivity contribution in [3.8, 4) is 0 Å². The predicted octanol–water partition coefficient (Wildman–Crippen LogP) is 2.37. The van der Waals surface area contributed by atoms with E-state index < -0.39 is 10.0 Å². The molecule has 156 valence electrons. The van der Waals surface area contributed by atoms with Gasteiger partial charge in [0.05, 0.1) is 39.7 Å². The van der Waals surface area contributed by atoms with Crippen molar-refractivity contribution in [1.29, 1.82) is 0 Å². The van der Waals surface area contributed by atoms with Gasteiger partial charge in [0, 0.05) is 26.2 Å². The van der Waals surface area contributed by atoms with Gasteiger partial charge in [0.15, 0.2) is 0 Å². The van der Waals surface area contributed by atoms with E-state index in [0.717, 1.165) is 11.0 Å². The molecule has 0 unspecified atom stereocenters. The Morgan fingerprint density at radius 1 is 1.03 bits per heavy atom. The summed E-state index contributed by atoms with van der Waals surface area (Å²) in [7, 11) is -3.74. The molecule has 0 bridgehead atoms. The van der Waals surface area contributed by atoms with Crippen LogP contribution in [0, 0.1) is 0 Å². The molecule has 5 rings (SSSR count). The quantitative estimate of drug-likeness (QED) is 0.616. The second-order valence-electron chi connectivity index (χ2n) is 7.17. The summed E-state index contributed by atoms with van der Waals surface area (Å²) in [5, 5.41) is 0.204. The van der Waals surface area contributed by atoms with Crippen LogP contribution in [-0.4, -0.2) is 61.0 Å². The largest absolute Gasteiger partial charge is 0.379 e. The van der Waals surface area contributed by atoms with E-state index >= 15 is 0 Å². The molecule has 1 aromatic heterocycles. The van der Waals surface area contributed by atoms with Gasteiger partial charge in [-0.15, -0.1) is 0 Å². The van der Waals surface area contributed by atoms with Gasteiger partial charge in [-0.2, -0.15) is 4.31 Å². The van der Waals surface area contributed by atoms with Crippen molar-refractivity contribution in [1.82, 2.24) is 13.9 Å². The Morgan fingerprint density at radius 3 is 2.60 bits per heavy atom. The molecule has 2 aliphatic heterocycles. The van der Waals surface area contributed by atoms with Crippen molar-refractivity contribution < 1.29 is 17.9 Å². The molecule has 0 spiro atoms. The fourth-order valence-corrected chi connectivity index (χ4v) is 5.52. The van der Waals surface area contributed by atoms with E-state index in [-0.39, 0.29) is 34.5 Å². The first-order chi connectivity index (χ1) is 14.5. The minimum Gasteiger partial charge on any atom is -0.379 e. The molecule has 1 saturated heterocycles. The third-order valence-corrected chi connectivity index (χ3v) is 7.67. The second kappa shape index (κ2) is 7.35. The molecule has 0 N–H and O–H groups in total. The lowest BCUT2D eigenvalue weighted by Crippen LogP contribution is -2.40. The van der Waals surface area contributed by atoms with Crippen LogP contribution in [0.1, 0.15) is 10.4 Å². The van der Waals surface area contributed by atoms with Crippen molar-refractivity contribution in [2.24, 2.45) is 0 Å². The van der Waals surface area contributed by atoms with Gasteiger partial charge in [-0.1, -0.05) is 23.7 Å². The first-order valence-electron chi connectivity index (χ1n) is 9.61. The maximum absolute atomic E-state index is 13.3. The zero-order valence-corrected chi connectivity index (χ0v) is 17.6. The number of benzene rings is 2. The van der Waals surface area contributed by atoms with Gasteiger partial charge in [-0.05, 0) is 30.3 Å². The Morgan fingerprint density at radius 2 is 1.80 bits per heavy atom. The van der Waals surface area contributed by atoms with Crippen LogP contribution in [0.2, 0.25) is 5.02 Å². The van der Waals surface area contributed by atoms with Crippen LogP contribution in [0.25, 0.3) is 11.0 Å². The van der Waals surface area contributed by atoms with Crippen LogP contribution in [0.4, 0.5) is 5.95 Å². The Hall–Kier alpha value is -2.46. The highest BCUT2D eigenvalue weighted by Gasteiger charge is 2.32. The smallest absolute Gasteiger partial charge is 0.262 e. The van der Waals surface area contributed by atoms with Crippen LogP contribution < -0.4 is 4.90 Å². The van der Waals surface area contributed by atoms with Gasteiger partial charge < -0.3 is 9.30 Å². The highest BCUT2D eigenvalue weighted by atomic mass is 35.5. The fourth-order valence-electron chi connectivity index (χ4n) is 3.89. The van der Waals surface area contributed by atoms with Gasteiger partial charge >= 0.3 is 0 Å². The third kappa shape index (κ3) is 3.09. The average molecular weight is 447 g/mol. The van der Waals surface area contributed by atoms with E-state index in [1.807, 2.05) is 28.8 Å². The Balaban J connectivity index is 1.51. The number of ether oxygens (including phenoxy) is 1. The number of amides is 1. The number of imidazole rings is 1. The number of aromatic nitrogens is 2. The summed E-state index contributed by atoms with van der Waals surface area (Å²) < 4.78 is 34.6. The number of carbonyl (C=O) groups is 1. The number of para-hydroxylation sites is 2. The lowest BCUT2D eigenvalue weighted by molar-refractivity contribution is 0.0730. The number of halogens is 1. The molecule has 2 aromatic carbocycles. The maximum Gasteiger partial charge on any atom is 0.262 e. The maximum atomic E-state index is 13.3. The number of anilines is 1. The highest BCUT2D eigenvalue weighted by Crippen LogP contribution is 2.31. The van der Waals surface area contributed by atoms with E-state index in [1.54, 1.807) is 4.90 Å². The lowest BCUT2D eigenvalue weighted by atomic mass is 10.2. The van der Waals surface area contributed by atoms with Crippen molar-refractivity contribution in [2.45, 2.75) is 11.4 Å². The fraction of sp³-hybridized carbons (Fsp3) is 0.300. The molecule has 0 saturated carbocycles. The standard InChI is InChI=1S/C20H19ClN4O4S/c21-16-6-5-14(30(27,28)23-9-11-29-12-10-23)13-15(16)19(26)25-8-7-24-18-4-2-1-3-17(18)22-20(24)25/h1-6,13H,7-12H2. The van der Waals surface area contributed by atoms with Crippen LogP contribution in [0.3, 0.4) is 0 Å². The third-order valence-electron chi connectivity index (χ3n) is 5.44. The van der Waals surface area contributed by atoms with Crippen LogP contribution in [0.5, 0.6) is 0 Å². The molecule has 2 aliphatic rings.